The van der Waals surface area contributed by atoms with Gasteiger partial charge in [0.05, 0.1) is 0 Å². The molecular weight excluding hydrogens is 284 g/mol. The molecule has 2 atom stereocenters. The molecule has 2 fully saturated rings. The first-order chi connectivity index (χ1) is 10.2. The van der Waals surface area contributed by atoms with Gasteiger partial charge in [0, 0.05) is 50.4 Å². The van der Waals surface area contributed by atoms with Crippen LogP contribution in [0.15, 0.2) is 17.2 Å². The molecule has 2 saturated heterocycles. The molecule has 0 radical (unpaired) electrons. The smallest absolute Gasteiger partial charge is 0.293 e. The summed E-state index contributed by atoms with van der Waals surface area (Å²) in [5.74, 6) is 3.13. The molecule has 1 N–H and O–H groups in total. The number of hydrogen-bond acceptors (Lipinski definition) is 5. The lowest BCUT2D eigenvalue weighted by Crippen LogP contribution is -2.51. The Bertz CT molecular complexity index is 527. The summed E-state index contributed by atoms with van der Waals surface area (Å²) in [5.41, 5.74) is 0.00590. The molecule has 2 aliphatic heterocycles. The molecule has 0 aromatic carbocycles. The van der Waals surface area contributed by atoms with E-state index in [9.17, 15) is 4.79 Å². The Hall–Kier alpha value is -1.01. The average molecular weight is 308 g/mol. The van der Waals surface area contributed by atoms with Crippen molar-refractivity contribution in [2.45, 2.75) is 37.8 Å². The second-order valence-electron chi connectivity index (χ2n) is 6.03. The molecule has 0 amide bonds. The van der Waals surface area contributed by atoms with Gasteiger partial charge < -0.3 is 14.8 Å². The van der Waals surface area contributed by atoms with Crippen LogP contribution in [0.3, 0.4) is 0 Å². The number of rotatable bonds is 3. The minimum Gasteiger partial charge on any atom is -0.350 e. The number of nitrogens with zero attached hydrogens (tertiary/aromatic N) is 3. The predicted octanol–water partition coefficient (Wildman–Crippen LogP) is 1.23. The average Bonchev–Trinajstić information content (AvgIpc) is 2.51. The van der Waals surface area contributed by atoms with Gasteiger partial charge in [-0.05, 0) is 31.4 Å². The van der Waals surface area contributed by atoms with Gasteiger partial charge in [0.1, 0.15) is 0 Å². The first-order valence-corrected chi connectivity index (χ1v) is 9.00. The van der Waals surface area contributed by atoms with Crippen LogP contribution in [-0.4, -0.2) is 46.2 Å². The maximum Gasteiger partial charge on any atom is 0.293 e. The molecule has 3 heterocycles. The topological polar surface area (TPSA) is 50.2 Å². The van der Waals surface area contributed by atoms with Crippen molar-refractivity contribution in [2.75, 3.05) is 29.5 Å². The molecule has 1 aromatic heterocycles. The van der Waals surface area contributed by atoms with Crippen LogP contribution in [0.2, 0.25) is 0 Å². The molecule has 5 nitrogen and oxygen atoms in total. The molecule has 0 spiro atoms. The summed E-state index contributed by atoms with van der Waals surface area (Å²) < 4.78 is 1.61. The number of anilines is 1. The van der Waals surface area contributed by atoms with E-state index in [0.29, 0.717) is 17.9 Å². The van der Waals surface area contributed by atoms with Crippen molar-refractivity contribution in [1.82, 2.24) is 14.9 Å². The number of aromatic nitrogens is 2. The van der Waals surface area contributed by atoms with Crippen LogP contribution in [0.25, 0.3) is 0 Å². The summed E-state index contributed by atoms with van der Waals surface area (Å²) in [7, 11) is 1.78. The lowest BCUT2D eigenvalue weighted by Gasteiger charge is -2.36. The van der Waals surface area contributed by atoms with Gasteiger partial charge in [-0.2, -0.15) is 11.8 Å². The third kappa shape index (κ3) is 3.61. The molecule has 0 saturated carbocycles. The highest BCUT2D eigenvalue weighted by Crippen LogP contribution is 2.20. The van der Waals surface area contributed by atoms with Crippen LogP contribution in [-0.2, 0) is 7.05 Å². The maximum atomic E-state index is 12.2. The zero-order chi connectivity index (χ0) is 14.7. The van der Waals surface area contributed by atoms with E-state index in [1.54, 1.807) is 24.0 Å². The van der Waals surface area contributed by atoms with Gasteiger partial charge in [0.2, 0.25) is 0 Å². The van der Waals surface area contributed by atoms with Crippen molar-refractivity contribution in [1.29, 1.82) is 0 Å². The van der Waals surface area contributed by atoms with E-state index in [1.807, 2.05) is 0 Å². The Balaban J connectivity index is 1.65. The Morgan fingerprint density at radius 1 is 1.33 bits per heavy atom. The normalized spacial score (nSPS) is 26.8. The fraction of sp³-hybridized carbons (Fsp3) is 0.733. The first kappa shape index (κ1) is 14.9. The quantitative estimate of drug-likeness (QED) is 0.910. The Morgan fingerprint density at radius 2 is 2.19 bits per heavy atom. The highest BCUT2D eigenvalue weighted by molar-refractivity contribution is 7.99. The number of hydrogen-bond donors (Lipinski definition) is 1. The van der Waals surface area contributed by atoms with Crippen molar-refractivity contribution >= 4 is 17.6 Å². The standard InChI is InChI=1S/C15H24N4OS/c1-18-8-6-16-14(15(18)20)19-7-2-4-12(10-19)17-13-5-3-9-21-11-13/h6,8,12-13,17H,2-5,7,9-11H2,1H3. The monoisotopic (exact) mass is 308 g/mol. The fourth-order valence-corrected chi connectivity index (χ4v) is 4.30. The number of nitrogens with one attached hydrogen (secondary N) is 1. The second-order valence-corrected chi connectivity index (χ2v) is 7.18. The van der Waals surface area contributed by atoms with Crippen LogP contribution in [0.1, 0.15) is 25.7 Å². The summed E-state index contributed by atoms with van der Waals surface area (Å²) in [5, 5.41) is 3.79. The SMILES string of the molecule is Cn1ccnc(N2CCCC(NC3CCCSC3)C2)c1=O. The second kappa shape index (κ2) is 6.83. The highest BCUT2D eigenvalue weighted by Gasteiger charge is 2.25. The van der Waals surface area contributed by atoms with Gasteiger partial charge >= 0.3 is 0 Å². The molecule has 21 heavy (non-hydrogen) atoms. The van der Waals surface area contributed by atoms with Crippen LogP contribution < -0.4 is 15.8 Å². The van der Waals surface area contributed by atoms with Crippen molar-refractivity contribution in [3.05, 3.63) is 22.7 Å². The highest BCUT2D eigenvalue weighted by atomic mass is 32.2. The van der Waals surface area contributed by atoms with Gasteiger partial charge in [-0.1, -0.05) is 0 Å². The molecule has 2 aliphatic rings. The number of thioether (sulfide) groups is 1. The minimum atomic E-state index is 0.00590. The van der Waals surface area contributed by atoms with E-state index in [0.717, 1.165) is 19.5 Å². The largest absolute Gasteiger partial charge is 0.350 e. The van der Waals surface area contributed by atoms with Gasteiger partial charge in [-0.3, -0.25) is 4.79 Å². The van der Waals surface area contributed by atoms with Crippen molar-refractivity contribution in [3.8, 4) is 0 Å². The van der Waals surface area contributed by atoms with E-state index in [-0.39, 0.29) is 5.56 Å². The summed E-state index contributed by atoms with van der Waals surface area (Å²) >= 11 is 2.05. The van der Waals surface area contributed by atoms with E-state index >= 15 is 0 Å². The third-order valence-electron chi connectivity index (χ3n) is 4.35. The van der Waals surface area contributed by atoms with Crippen molar-refractivity contribution < 1.29 is 0 Å². The van der Waals surface area contributed by atoms with Gasteiger partial charge in [-0.25, -0.2) is 4.98 Å². The summed E-state index contributed by atoms with van der Waals surface area (Å²) in [4.78, 5) is 18.7. The van der Waals surface area contributed by atoms with Crippen molar-refractivity contribution in [3.63, 3.8) is 0 Å². The number of piperidine rings is 1. The van der Waals surface area contributed by atoms with Crippen LogP contribution >= 0.6 is 11.8 Å². The first-order valence-electron chi connectivity index (χ1n) is 7.84. The Morgan fingerprint density at radius 3 is 3.00 bits per heavy atom. The van der Waals surface area contributed by atoms with Gasteiger partial charge in [-0.15, -0.1) is 0 Å². The zero-order valence-corrected chi connectivity index (χ0v) is 13.4. The van der Waals surface area contributed by atoms with Crippen LogP contribution in [0.5, 0.6) is 0 Å². The predicted molar refractivity (Wildman–Crippen MR) is 88.2 cm³/mol. The van der Waals surface area contributed by atoms with Crippen molar-refractivity contribution in [2.24, 2.45) is 7.05 Å². The molecule has 6 heteroatoms. The zero-order valence-electron chi connectivity index (χ0n) is 12.6. The van der Waals surface area contributed by atoms with Crippen LogP contribution in [0, 0.1) is 0 Å². The lowest BCUT2D eigenvalue weighted by molar-refractivity contribution is 0.371. The van der Waals surface area contributed by atoms with E-state index < -0.39 is 0 Å². The molecule has 116 valence electrons. The van der Waals surface area contributed by atoms with Crippen LogP contribution in [0.4, 0.5) is 5.82 Å². The molecule has 3 rings (SSSR count). The Kier molecular flexibility index (Phi) is 4.85. The molecule has 0 bridgehead atoms. The fourth-order valence-electron chi connectivity index (χ4n) is 3.21. The third-order valence-corrected chi connectivity index (χ3v) is 5.57. The summed E-state index contributed by atoms with van der Waals surface area (Å²) in [6, 6.07) is 1.12. The molecule has 1 aromatic rings. The van der Waals surface area contributed by atoms with Gasteiger partial charge in [0.15, 0.2) is 5.82 Å². The summed E-state index contributed by atoms with van der Waals surface area (Å²) in [6.07, 6.45) is 8.35. The molecular formula is C15H24N4OS. The lowest BCUT2D eigenvalue weighted by atomic mass is 10.0. The Labute approximate surface area is 130 Å². The summed E-state index contributed by atoms with van der Waals surface area (Å²) in [6.45, 7) is 1.83. The molecule has 2 unspecified atom stereocenters. The van der Waals surface area contributed by atoms with Gasteiger partial charge in [0.25, 0.3) is 5.56 Å². The maximum absolute atomic E-state index is 12.2. The van der Waals surface area contributed by atoms with E-state index in [4.69, 9.17) is 0 Å². The van der Waals surface area contributed by atoms with E-state index in [1.165, 1.54) is 30.8 Å². The molecule has 0 aliphatic carbocycles. The van der Waals surface area contributed by atoms with E-state index in [2.05, 4.69) is 27.0 Å². The minimum absolute atomic E-state index is 0.00590. The number of aryl methyl sites for hydroxylation is 1.